The first kappa shape index (κ1) is 15.8. The Morgan fingerprint density at radius 1 is 1.50 bits per heavy atom. The third-order valence-electron chi connectivity index (χ3n) is 3.90. The minimum absolute atomic E-state index is 0.163. The summed E-state index contributed by atoms with van der Waals surface area (Å²) in [7, 11) is 0.695. The normalized spacial score (nSPS) is 22.6. The van der Waals surface area contributed by atoms with Crippen LogP contribution in [0.5, 0.6) is 5.75 Å². The number of rotatable bonds is 5. The molecule has 0 radical (unpaired) electrons. The number of hydrogen-bond acceptors (Lipinski definition) is 4. The average molecular weight is 362 g/mol. The van der Waals surface area contributed by atoms with Gasteiger partial charge in [0.25, 0.3) is 0 Å². The molecule has 1 aliphatic rings. The largest absolute Gasteiger partial charge is 0.497 e. The van der Waals surface area contributed by atoms with Crippen molar-refractivity contribution in [3.05, 3.63) is 28.2 Å². The highest BCUT2D eigenvalue weighted by atomic mass is 79.9. The number of hydrogen-bond donors (Lipinski definition) is 1. The van der Waals surface area contributed by atoms with E-state index in [1.807, 2.05) is 25.2 Å². The summed E-state index contributed by atoms with van der Waals surface area (Å²) in [6.07, 6.45) is 1.53. The van der Waals surface area contributed by atoms with Gasteiger partial charge in [-0.15, -0.1) is 0 Å². The molecule has 0 bridgehead atoms. The highest BCUT2D eigenvalue weighted by Crippen LogP contribution is 2.28. The van der Waals surface area contributed by atoms with Gasteiger partial charge in [0.1, 0.15) is 5.75 Å². The lowest BCUT2D eigenvalue weighted by molar-refractivity contribution is 0.398. The maximum Gasteiger partial charge on any atom is 0.150 e. The summed E-state index contributed by atoms with van der Waals surface area (Å²) >= 11 is 3.55. The van der Waals surface area contributed by atoms with Crippen molar-refractivity contribution >= 4 is 25.8 Å². The maximum atomic E-state index is 11.6. The van der Waals surface area contributed by atoms with Crippen LogP contribution in [-0.4, -0.2) is 40.1 Å². The second-order valence-corrected chi connectivity index (χ2v) is 8.30. The van der Waals surface area contributed by atoms with E-state index >= 15 is 0 Å². The van der Waals surface area contributed by atoms with Crippen LogP contribution in [0.1, 0.15) is 12.0 Å². The molecule has 1 aromatic carbocycles. The summed E-state index contributed by atoms with van der Waals surface area (Å²) in [4.78, 5) is 0. The van der Waals surface area contributed by atoms with Gasteiger partial charge in [0.05, 0.1) is 18.6 Å². The molecule has 1 saturated heterocycles. The molecule has 0 aliphatic carbocycles. The summed E-state index contributed by atoms with van der Waals surface area (Å²) < 4.78 is 29.5. The van der Waals surface area contributed by atoms with Crippen LogP contribution < -0.4 is 10.1 Å². The lowest BCUT2D eigenvalue weighted by Crippen LogP contribution is -2.36. The zero-order valence-corrected chi connectivity index (χ0v) is 14.1. The number of benzene rings is 1. The predicted octanol–water partition coefficient (Wildman–Crippen LogP) is 2.02. The number of methoxy groups -OCH3 is 1. The third kappa shape index (κ3) is 3.74. The number of likely N-dealkylation sites (N-methyl/N-ethyl adjacent to an activating group) is 1. The summed E-state index contributed by atoms with van der Waals surface area (Å²) in [6, 6.07) is 6.03. The Morgan fingerprint density at radius 3 is 2.80 bits per heavy atom. The molecule has 1 fully saturated rings. The molecule has 1 heterocycles. The second kappa shape index (κ2) is 6.45. The van der Waals surface area contributed by atoms with E-state index in [0.717, 1.165) is 28.6 Å². The van der Waals surface area contributed by atoms with E-state index in [0.29, 0.717) is 11.5 Å². The molecule has 1 aliphatic heterocycles. The molecular formula is C14H20BrNO3S. The minimum Gasteiger partial charge on any atom is -0.497 e. The van der Waals surface area contributed by atoms with Gasteiger partial charge < -0.3 is 10.1 Å². The van der Waals surface area contributed by atoms with Gasteiger partial charge in [-0.25, -0.2) is 8.42 Å². The standard InChI is InChI=1S/C14H20BrNO3S/c1-16-14(10-5-6-20(17,18)9-10)8-11-7-12(19-2)3-4-13(11)15/h3-4,7,10,14,16H,5-6,8-9H2,1-2H3. The van der Waals surface area contributed by atoms with Crippen molar-refractivity contribution in [1.29, 1.82) is 0 Å². The minimum atomic E-state index is -2.84. The SMILES string of the molecule is CNC(Cc1cc(OC)ccc1Br)C1CCS(=O)(=O)C1. The summed E-state index contributed by atoms with van der Waals surface area (Å²) in [5, 5.41) is 3.27. The lowest BCUT2D eigenvalue weighted by atomic mass is 9.93. The quantitative estimate of drug-likeness (QED) is 0.871. The van der Waals surface area contributed by atoms with E-state index in [9.17, 15) is 8.42 Å². The number of halogens is 1. The molecule has 20 heavy (non-hydrogen) atoms. The molecule has 0 saturated carbocycles. The first-order valence-corrected chi connectivity index (χ1v) is 9.26. The molecule has 4 nitrogen and oxygen atoms in total. The Kier molecular flexibility index (Phi) is 5.09. The summed E-state index contributed by atoms with van der Waals surface area (Å²) in [6.45, 7) is 0. The maximum absolute atomic E-state index is 11.6. The highest BCUT2D eigenvalue weighted by Gasteiger charge is 2.33. The Bertz CT molecular complexity index is 574. The van der Waals surface area contributed by atoms with E-state index in [1.54, 1.807) is 7.11 Å². The van der Waals surface area contributed by atoms with Gasteiger partial charge in [-0.3, -0.25) is 0 Å². The van der Waals surface area contributed by atoms with E-state index in [-0.39, 0.29) is 12.0 Å². The van der Waals surface area contributed by atoms with E-state index in [1.165, 1.54) is 0 Å². The number of nitrogens with one attached hydrogen (secondary N) is 1. The molecule has 112 valence electrons. The fraction of sp³-hybridized carbons (Fsp3) is 0.571. The third-order valence-corrected chi connectivity index (χ3v) is 6.47. The molecule has 2 unspecified atom stereocenters. The fourth-order valence-corrected chi connectivity index (χ4v) is 5.01. The smallest absolute Gasteiger partial charge is 0.150 e. The van der Waals surface area contributed by atoms with Gasteiger partial charge in [-0.05, 0) is 49.6 Å². The van der Waals surface area contributed by atoms with Crippen molar-refractivity contribution in [3.63, 3.8) is 0 Å². The predicted molar refractivity (Wildman–Crippen MR) is 84.0 cm³/mol. The van der Waals surface area contributed by atoms with E-state index in [2.05, 4.69) is 21.2 Å². The first-order chi connectivity index (χ1) is 9.45. The van der Waals surface area contributed by atoms with Crippen molar-refractivity contribution in [2.45, 2.75) is 18.9 Å². The van der Waals surface area contributed by atoms with E-state index in [4.69, 9.17) is 4.74 Å². The van der Waals surface area contributed by atoms with Crippen molar-refractivity contribution in [3.8, 4) is 5.75 Å². The van der Waals surface area contributed by atoms with Gasteiger partial charge in [0.15, 0.2) is 9.84 Å². The van der Waals surface area contributed by atoms with Crippen LogP contribution in [0.25, 0.3) is 0 Å². The Morgan fingerprint density at radius 2 is 2.25 bits per heavy atom. The van der Waals surface area contributed by atoms with Crippen LogP contribution in [0.15, 0.2) is 22.7 Å². The molecule has 1 aromatic rings. The van der Waals surface area contributed by atoms with Gasteiger partial charge in [0, 0.05) is 10.5 Å². The Labute approximate surface area is 129 Å². The summed E-state index contributed by atoms with van der Waals surface area (Å²) in [5.74, 6) is 1.61. The van der Waals surface area contributed by atoms with Gasteiger partial charge in [-0.2, -0.15) is 0 Å². The molecule has 2 rings (SSSR count). The number of ether oxygens (including phenoxy) is 1. The van der Waals surface area contributed by atoms with Crippen molar-refractivity contribution < 1.29 is 13.2 Å². The lowest BCUT2D eigenvalue weighted by Gasteiger charge is -2.23. The Hall–Kier alpha value is -0.590. The van der Waals surface area contributed by atoms with Gasteiger partial charge >= 0.3 is 0 Å². The molecule has 0 amide bonds. The molecule has 2 atom stereocenters. The van der Waals surface area contributed by atoms with Crippen LogP contribution in [0.3, 0.4) is 0 Å². The van der Waals surface area contributed by atoms with Crippen LogP contribution >= 0.6 is 15.9 Å². The van der Waals surface area contributed by atoms with Crippen molar-refractivity contribution in [1.82, 2.24) is 5.32 Å². The average Bonchev–Trinajstić information content (AvgIpc) is 2.78. The molecule has 1 N–H and O–H groups in total. The fourth-order valence-electron chi connectivity index (χ4n) is 2.72. The zero-order chi connectivity index (χ0) is 14.8. The Balaban J connectivity index is 2.14. The topological polar surface area (TPSA) is 55.4 Å². The first-order valence-electron chi connectivity index (χ1n) is 6.65. The monoisotopic (exact) mass is 361 g/mol. The molecule has 0 spiro atoms. The molecule has 6 heteroatoms. The van der Waals surface area contributed by atoms with Crippen molar-refractivity contribution in [2.75, 3.05) is 25.7 Å². The second-order valence-electron chi connectivity index (χ2n) is 5.22. The van der Waals surface area contributed by atoms with Crippen LogP contribution in [0.2, 0.25) is 0 Å². The van der Waals surface area contributed by atoms with E-state index < -0.39 is 9.84 Å². The van der Waals surface area contributed by atoms with Crippen LogP contribution in [-0.2, 0) is 16.3 Å². The van der Waals surface area contributed by atoms with Crippen LogP contribution in [0, 0.1) is 5.92 Å². The molecular weight excluding hydrogens is 342 g/mol. The highest BCUT2D eigenvalue weighted by molar-refractivity contribution is 9.10. The summed E-state index contributed by atoms with van der Waals surface area (Å²) in [5.41, 5.74) is 1.13. The molecule has 0 aromatic heterocycles. The number of sulfone groups is 1. The van der Waals surface area contributed by atoms with Gasteiger partial charge in [0.2, 0.25) is 0 Å². The van der Waals surface area contributed by atoms with Crippen LogP contribution in [0.4, 0.5) is 0 Å². The van der Waals surface area contributed by atoms with Crippen molar-refractivity contribution in [2.24, 2.45) is 5.92 Å². The van der Waals surface area contributed by atoms with Gasteiger partial charge in [-0.1, -0.05) is 15.9 Å². The zero-order valence-electron chi connectivity index (χ0n) is 11.7.